The Morgan fingerprint density at radius 3 is 2.56 bits per heavy atom. The summed E-state index contributed by atoms with van der Waals surface area (Å²) in [7, 11) is 7.28. The summed E-state index contributed by atoms with van der Waals surface area (Å²) in [5, 5.41) is 0. The zero-order chi connectivity index (χ0) is 17.8. The van der Waals surface area contributed by atoms with Crippen LogP contribution in [-0.2, 0) is 6.54 Å². The normalized spacial score (nSPS) is 17.5. The Hall–Kier alpha value is -2.34. The molecule has 1 fully saturated rings. The van der Waals surface area contributed by atoms with Gasteiger partial charge < -0.3 is 14.4 Å². The summed E-state index contributed by atoms with van der Waals surface area (Å²) in [6.45, 7) is 1.91. The molecule has 1 saturated heterocycles. The van der Waals surface area contributed by atoms with E-state index in [4.69, 9.17) is 9.47 Å². The third-order valence-electron chi connectivity index (χ3n) is 4.64. The second kappa shape index (κ2) is 7.70. The molecule has 2 heterocycles. The molecular formula is C19H26N4O2. The lowest BCUT2D eigenvalue weighted by Crippen LogP contribution is -2.23. The van der Waals surface area contributed by atoms with Gasteiger partial charge in [-0.1, -0.05) is 6.07 Å². The van der Waals surface area contributed by atoms with Crippen molar-refractivity contribution in [3.8, 4) is 11.5 Å². The van der Waals surface area contributed by atoms with Gasteiger partial charge in [0.1, 0.15) is 11.5 Å². The van der Waals surface area contributed by atoms with E-state index >= 15 is 0 Å². The predicted octanol–water partition coefficient (Wildman–Crippen LogP) is 2.90. The number of hydrogen-bond donors (Lipinski definition) is 0. The number of methoxy groups -OCH3 is 2. The molecule has 2 aromatic rings. The van der Waals surface area contributed by atoms with Gasteiger partial charge in [-0.2, -0.15) is 0 Å². The van der Waals surface area contributed by atoms with Crippen LogP contribution in [0.5, 0.6) is 11.5 Å². The van der Waals surface area contributed by atoms with Crippen LogP contribution in [-0.4, -0.2) is 49.7 Å². The molecule has 0 bridgehead atoms. The van der Waals surface area contributed by atoms with E-state index in [2.05, 4.69) is 20.9 Å². The summed E-state index contributed by atoms with van der Waals surface area (Å²) >= 11 is 0. The highest BCUT2D eigenvalue weighted by Crippen LogP contribution is 2.39. The fourth-order valence-electron chi connectivity index (χ4n) is 3.36. The molecule has 0 saturated carbocycles. The van der Waals surface area contributed by atoms with Gasteiger partial charge >= 0.3 is 0 Å². The lowest BCUT2D eigenvalue weighted by Gasteiger charge is -2.26. The van der Waals surface area contributed by atoms with E-state index in [1.54, 1.807) is 14.2 Å². The van der Waals surface area contributed by atoms with E-state index in [0.717, 1.165) is 42.5 Å². The first-order valence-electron chi connectivity index (χ1n) is 8.56. The summed E-state index contributed by atoms with van der Waals surface area (Å²) in [5.41, 5.74) is 2.34. The molecule has 0 spiro atoms. The molecule has 0 N–H and O–H groups in total. The SMILES string of the molecule is COc1ccc([C@H]2CCCN2Cc2cnc(N(C)C)nc2)c(OC)c1. The van der Waals surface area contributed by atoms with Crippen LogP contribution >= 0.6 is 0 Å². The standard InChI is InChI=1S/C19H26N4O2/c1-22(2)19-20-11-14(12-21-19)13-23-9-5-6-17(23)16-8-7-15(24-3)10-18(16)25-4/h7-8,10-12,17H,5-6,9,13H2,1-4H3/t17-/m1/s1. The van der Waals surface area contributed by atoms with Crippen LogP contribution < -0.4 is 14.4 Å². The average molecular weight is 342 g/mol. The number of rotatable bonds is 6. The molecule has 1 aliphatic heterocycles. The molecular weight excluding hydrogens is 316 g/mol. The minimum Gasteiger partial charge on any atom is -0.497 e. The number of nitrogens with zero attached hydrogens (tertiary/aromatic N) is 4. The first-order chi connectivity index (χ1) is 12.1. The number of aromatic nitrogens is 2. The molecule has 1 aromatic heterocycles. The third kappa shape index (κ3) is 3.85. The van der Waals surface area contributed by atoms with Crippen molar-refractivity contribution in [2.45, 2.75) is 25.4 Å². The van der Waals surface area contributed by atoms with Crippen molar-refractivity contribution in [3.05, 3.63) is 41.7 Å². The van der Waals surface area contributed by atoms with Gasteiger partial charge in [0.15, 0.2) is 0 Å². The summed E-state index contributed by atoms with van der Waals surface area (Å²) in [6.07, 6.45) is 6.14. The maximum absolute atomic E-state index is 5.60. The Bertz CT molecular complexity index is 703. The van der Waals surface area contributed by atoms with Gasteiger partial charge in [-0.15, -0.1) is 0 Å². The zero-order valence-electron chi connectivity index (χ0n) is 15.4. The zero-order valence-corrected chi connectivity index (χ0v) is 15.4. The van der Waals surface area contributed by atoms with E-state index in [-0.39, 0.29) is 0 Å². The van der Waals surface area contributed by atoms with Crippen molar-refractivity contribution in [1.29, 1.82) is 0 Å². The monoisotopic (exact) mass is 342 g/mol. The van der Waals surface area contributed by atoms with Crippen LogP contribution in [0.3, 0.4) is 0 Å². The van der Waals surface area contributed by atoms with Gasteiger partial charge in [-0.25, -0.2) is 9.97 Å². The summed E-state index contributed by atoms with van der Waals surface area (Å²) < 4.78 is 10.9. The molecule has 0 aliphatic carbocycles. The molecule has 6 heteroatoms. The number of hydrogen-bond acceptors (Lipinski definition) is 6. The van der Waals surface area contributed by atoms with Crippen molar-refractivity contribution in [1.82, 2.24) is 14.9 Å². The second-order valence-corrected chi connectivity index (χ2v) is 6.52. The van der Waals surface area contributed by atoms with Gasteiger partial charge in [-0.05, 0) is 25.5 Å². The lowest BCUT2D eigenvalue weighted by molar-refractivity contribution is 0.242. The maximum atomic E-state index is 5.60. The Kier molecular flexibility index (Phi) is 5.38. The molecule has 3 rings (SSSR count). The van der Waals surface area contributed by atoms with Crippen molar-refractivity contribution in [3.63, 3.8) is 0 Å². The third-order valence-corrected chi connectivity index (χ3v) is 4.64. The molecule has 25 heavy (non-hydrogen) atoms. The fourth-order valence-corrected chi connectivity index (χ4v) is 3.36. The van der Waals surface area contributed by atoms with Gasteiger partial charge in [0.25, 0.3) is 0 Å². The van der Waals surface area contributed by atoms with E-state index in [1.807, 2.05) is 43.5 Å². The Balaban J connectivity index is 1.78. The first-order valence-corrected chi connectivity index (χ1v) is 8.56. The smallest absolute Gasteiger partial charge is 0.224 e. The van der Waals surface area contributed by atoms with Crippen LogP contribution in [0.15, 0.2) is 30.6 Å². The molecule has 0 radical (unpaired) electrons. The number of likely N-dealkylation sites (tertiary alicyclic amines) is 1. The Morgan fingerprint density at radius 2 is 1.92 bits per heavy atom. The second-order valence-electron chi connectivity index (χ2n) is 6.52. The van der Waals surface area contributed by atoms with Crippen molar-refractivity contribution in [2.75, 3.05) is 39.8 Å². The molecule has 0 unspecified atom stereocenters. The van der Waals surface area contributed by atoms with Gasteiger partial charge in [0.2, 0.25) is 5.95 Å². The number of ether oxygens (including phenoxy) is 2. The van der Waals surface area contributed by atoms with Crippen LogP contribution in [0.25, 0.3) is 0 Å². The van der Waals surface area contributed by atoms with Gasteiger partial charge in [0, 0.05) is 56.3 Å². The van der Waals surface area contributed by atoms with E-state index in [9.17, 15) is 0 Å². The van der Waals surface area contributed by atoms with Crippen molar-refractivity contribution >= 4 is 5.95 Å². The average Bonchev–Trinajstić information content (AvgIpc) is 3.09. The molecule has 134 valence electrons. The van der Waals surface area contributed by atoms with Crippen molar-refractivity contribution < 1.29 is 9.47 Å². The molecule has 0 amide bonds. The summed E-state index contributed by atoms with van der Waals surface area (Å²) in [4.78, 5) is 13.2. The largest absolute Gasteiger partial charge is 0.497 e. The predicted molar refractivity (Wildman–Crippen MR) is 98.3 cm³/mol. The topological polar surface area (TPSA) is 50.7 Å². The lowest BCUT2D eigenvalue weighted by atomic mass is 10.0. The highest BCUT2D eigenvalue weighted by Gasteiger charge is 2.28. The highest BCUT2D eigenvalue weighted by atomic mass is 16.5. The summed E-state index contributed by atoms with van der Waals surface area (Å²) in [6, 6.07) is 6.42. The van der Waals surface area contributed by atoms with Crippen LogP contribution in [0.2, 0.25) is 0 Å². The highest BCUT2D eigenvalue weighted by molar-refractivity contribution is 5.43. The van der Waals surface area contributed by atoms with E-state index in [1.165, 1.54) is 12.0 Å². The minimum atomic E-state index is 0.342. The van der Waals surface area contributed by atoms with Crippen LogP contribution in [0.1, 0.15) is 30.0 Å². The summed E-state index contributed by atoms with van der Waals surface area (Å²) in [5.74, 6) is 2.44. The van der Waals surface area contributed by atoms with Crippen LogP contribution in [0, 0.1) is 0 Å². The van der Waals surface area contributed by atoms with Gasteiger partial charge in [0.05, 0.1) is 14.2 Å². The van der Waals surface area contributed by atoms with E-state index in [0.29, 0.717) is 6.04 Å². The molecule has 1 aromatic carbocycles. The molecule has 1 atom stereocenters. The fraction of sp³-hybridized carbons (Fsp3) is 0.474. The Labute approximate surface area is 149 Å². The molecule has 6 nitrogen and oxygen atoms in total. The quantitative estimate of drug-likeness (QED) is 0.804. The number of benzene rings is 1. The van der Waals surface area contributed by atoms with Crippen LogP contribution in [0.4, 0.5) is 5.95 Å². The van der Waals surface area contributed by atoms with Gasteiger partial charge in [-0.3, -0.25) is 4.90 Å². The van der Waals surface area contributed by atoms with Crippen molar-refractivity contribution in [2.24, 2.45) is 0 Å². The first kappa shape index (κ1) is 17.5. The molecule has 1 aliphatic rings. The minimum absolute atomic E-state index is 0.342. The van der Waals surface area contributed by atoms with E-state index < -0.39 is 0 Å². The maximum Gasteiger partial charge on any atom is 0.224 e. The Morgan fingerprint density at radius 1 is 1.16 bits per heavy atom. The number of anilines is 1.